The fourth-order valence-corrected chi connectivity index (χ4v) is 3.23. The predicted octanol–water partition coefficient (Wildman–Crippen LogP) is 4.46. The summed E-state index contributed by atoms with van der Waals surface area (Å²) in [6, 6.07) is 22.9. The number of nitrogens with zero attached hydrogens (tertiary/aromatic N) is 1. The highest BCUT2D eigenvalue weighted by Crippen LogP contribution is 2.20. The van der Waals surface area contributed by atoms with Gasteiger partial charge in [-0.15, -0.1) is 0 Å². The van der Waals surface area contributed by atoms with E-state index in [1.54, 1.807) is 0 Å². The van der Waals surface area contributed by atoms with Crippen molar-refractivity contribution in [3.05, 3.63) is 83.4 Å². The first-order valence-corrected chi connectivity index (χ1v) is 9.04. The monoisotopic (exact) mass is 346 g/mol. The summed E-state index contributed by atoms with van der Waals surface area (Å²) in [6.07, 6.45) is 0. The molecule has 3 nitrogen and oxygen atoms in total. The molecule has 134 valence electrons. The van der Waals surface area contributed by atoms with Crippen LogP contribution in [0.1, 0.15) is 29.7 Å². The maximum absolute atomic E-state index is 12.4. The summed E-state index contributed by atoms with van der Waals surface area (Å²) in [5.74, 6) is 0.0433. The van der Waals surface area contributed by atoms with E-state index >= 15 is 0 Å². The molecular formula is C23H26N2O. The molecule has 1 amide bonds. The second-order valence-electron chi connectivity index (χ2n) is 6.99. The van der Waals surface area contributed by atoms with Gasteiger partial charge < -0.3 is 5.32 Å². The van der Waals surface area contributed by atoms with Gasteiger partial charge in [0, 0.05) is 6.54 Å². The molecule has 26 heavy (non-hydrogen) atoms. The van der Waals surface area contributed by atoms with Crippen LogP contribution in [0, 0.1) is 6.92 Å². The van der Waals surface area contributed by atoms with Gasteiger partial charge in [0.15, 0.2) is 0 Å². The summed E-state index contributed by atoms with van der Waals surface area (Å²) in [4.78, 5) is 14.5. The maximum Gasteiger partial charge on any atom is 0.234 e. The molecule has 0 aliphatic carbocycles. The Kier molecular flexibility index (Phi) is 5.69. The van der Waals surface area contributed by atoms with Crippen molar-refractivity contribution in [3.63, 3.8) is 0 Å². The Hall–Kier alpha value is -2.65. The van der Waals surface area contributed by atoms with E-state index in [-0.39, 0.29) is 11.9 Å². The van der Waals surface area contributed by atoms with E-state index in [0.29, 0.717) is 6.54 Å². The van der Waals surface area contributed by atoms with Crippen LogP contribution in [0.3, 0.4) is 0 Å². The second kappa shape index (κ2) is 8.15. The predicted molar refractivity (Wildman–Crippen MR) is 108 cm³/mol. The minimum absolute atomic E-state index is 0.0148. The SMILES string of the molecule is Cc1ccccc1CN(C)CC(=O)NC(C)c1ccc2ccccc2c1. The average molecular weight is 346 g/mol. The number of nitrogens with one attached hydrogen (secondary N) is 1. The van der Waals surface area contributed by atoms with Crippen molar-refractivity contribution in [2.24, 2.45) is 0 Å². The van der Waals surface area contributed by atoms with Gasteiger partial charge in [0.1, 0.15) is 0 Å². The van der Waals surface area contributed by atoms with Crippen LogP contribution in [0.25, 0.3) is 10.8 Å². The number of likely N-dealkylation sites (N-methyl/N-ethyl adjacent to an activating group) is 1. The molecule has 1 N–H and O–H groups in total. The van der Waals surface area contributed by atoms with Crippen molar-refractivity contribution in [2.75, 3.05) is 13.6 Å². The quantitative estimate of drug-likeness (QED) is 0.715. The molecule has 0 aliphatic heterocycles. The molecule has 0 saturated carbocycles. The van der Waals surface area contributed by atoms with Gasteiger partial charge in [0.2, 0.25) is 5.91 Å². The average Bonchev–Trinajstić information content (AvgIpc) is 2.63. The Morgan fingerprint density at radius 3 is 2.46 bits per heavy atom. The van der Waals surface area contributed by atoms with E-state index in [1.165, 1.54) is 21.9 Å². The van der Waals surface area contributed by atoms with Crippen molar-refractivity contribution in [2.45, 2.75) is 26.4 Å². The van der Waals surface area contributed by atoms with Crippen molar-refractivity contribution >= 4 is 16.7 Å². The number of rotatable bonds is 6. The normalized spacial score (nSPS) is 12.3. The highest BCUT2D eigenvalue weighted by atomic mass is 16.2. The third-order valence-corrected chi connectivity index (χ3v) is 4.77. The smallest absolute Gasteiger partial charge is 0.234 e. The Morgan fingerprint density at radius 2 is 1.69 bits per heavy atom. The van der Waals surface area contributed by atoms with Gasteiger partial charge in [-0.25, -0.2) is 0 Å². The van der Waals surface area contributed by atoms with Gasteiger partial charge in [-0.2, -0.15) is 0 Å². The Balaban J connectivity index is 1.58. The Morgan fingerprint density at radius 1 is 1.00 bits per heavy atom. The first-order chi connectivity index (χ1) is 12.5. The molecule has 0 heterocycles. The lowest BCUT2D eigenvalue weighted by Crippen LogP contribution is -2.36. The molecule has 3 aromatic rings. The molecule has 0 spiro atoms. The van der Waals surface area contributed by atoms with Crippen LogP contribution >= 0.6 is 0 Å². The van der Waals surface area contributed by atoms with Crippen molar-refractivity contribution in [1.82, 2.24) is 10.2 Å². The number of hydrogen-bond acceptors (Lipinski definition) is 2. The molecule has 3 rings (SSSR count). The highest BCUT2D eigenvalue weighted by molar-refractivity contribution is 5.83. The van der Waals surface area contributed by atoms with Crippen LogP contribution < -0.4 is 5.32 Å². The number of amides is 1. The lowest BCUT2D eigenvalue weighted by Gasteiger charge is -2.20. The molecule has 1 unspecified atom stereocenters. The van der Waals surface area contributed by atoms with Crippen LogP contribution in [-0.2, 0) is 11.3 Å². The van der Waals surface area contributed by atoms with Gasteiger partial charge in [-0.05, 0) is 54.4 Å². The van der Waals surface area contributed by atoms with E-state index < -0.39 is 0 Å². The molecule has 0 radical (unpaired) electrons. The molecule has 0 aliphatic rings. The first kappa shape index (κ1) is 18.2. The second-order valence-corrected chi connectivity index (χ2v) is 6.99. The number of hydrogen-bond donors (Lipinski definition) is 1. The highest BCUT2D eigenvalue weighted by Gasteiger charge is 2.12. The largest absolute Gasteiger partial charge is 0.348 e. The zero-order valence-corrected chi connectivity index (χ0v) is 15.7. The minimum atomic E-state index is -0.0148. The lowest BCUT2D eigenvalue weighted by atomic mass is 10.0. The van der Waals surface area contributed by atoms with E-state index in [9.17, 15) is 4.79 Å². The van der Waals surface area contributed by atoms with Crippen molar-refractivity contribution in [3.8, 4) is 0 Å². The number of fused-ring (bicyclic) bond motifs is 1. The third kappa shape index (κ3) is 4.50. The maximum atomic E-state index is 12.4. The van der Waals surface area contributed by atoms with Gasteiger partial charge in [-0.1, -0.05) is 60.7 Å². The Bertz CT molecular complexity index is 903. The van der Waals surface area contributed by atoms with E-state index in [0.717, 1.165) is 12.1 Å². The molecule has 3 heteroatoms. The standard InChI is InChI=1S/C23H26N2O/c1-17-8-4-5-11-22(17)15-25(3)16-23(26)24-18(2)20-13-12-19-9-6-7-10-21(19)14-20/h4-14,18H,15-16H2,1-3H3,(H,24,26). The summed E-state index contributed by atoms with van der Waals surface area (Å²) in [5, 5.41) is 5.52. The van der Waals surface area contributed by atoms with E-state index in [4.69, 9.17) is 0 Å². The summed E-state index contributed by atoms with van der Waals surface area (Å²) < 4.78 is 0. The first-order valence-electron chi connectivity index (χ1n) is 9.04. The molecule has 0 fully saturated rings. The van der Waals surface area contributed by atoms with Crippen LogP contribution in [0.15, 0.2) is 66.7 Å². The van der Waals surface area contributed by atoms with Crippen LogP contribution in [0.4, 0.5) is 0 Å². The summed E-state index contributed by atoms with van der Waals surface area (Å²) in [5.41, 5.74) is 3.63. The number of benzene rings is 3. The fraction of sp³-hybridized carbons (Fsp3) is 0.261. The minimum Gasteiger partial charge on any atom is -0.348 e. The van der Waals surface area contributed by atoms with Gasteiger partial charge in [-0.3, -0.25) is 9.69 Å². The number of aryl methyl sites for hydroxylation is 1. The zero-order valence-electron chi connectivity index (χ0n) is 15.7. The number of carbonyl (C=O) groups excluding carboxylic acids is 1. The van der Waals surface area contributed by atoms with Gasteiger partial charge >= 0.3 is 0 Å². The van der Waals surface area contributed by atoms with Crippen LogP contribution in [0.5, 0.6) is 0 Å². The van der Waals surface area contributed by atoms with E-state index in [1.807, 2.05) is 43.1 Å². The fourth-order valence-electron chi connectivity index (χ4n) is 3.23. The summed E-state index contributed by atoms with van der Waals surface area (Å²) >= 11 is 0. The van der Waals surface area contributed by atoms with Crippen LogP contribution in [0.2, 0.25) is 0 Å². The molecular weight excluding hydrogens is 320 g/mol. The molecule has 0 bridgehead atoms. The summed E-state index contributed by atoms with van der Waals surface area (Å²) in [7, 11) is 1.98. The topological polar surface area (TPSA) is 32.3 Å². The van der Waals surface area contributed by atoms with Crippen LogP contribution in [-0.4, -0.2) is 24.4 Å². The van der Waals surface area contributed by atoms with E-state index in [2.05, 4.69) is 54.7 Å². The molecule has 3 aromatic carbocycles. The molecule has 0 saturated heterocycles. The van der Waals surface area contributed by atoms with Crippen molar-refractivity contribution in [1.29, 1.82) is 0 Å². The molecule has 0 aromatic heterocycles. The zero-order chi connectivity index (χ0) is 18.5. The Labute approximate surface area is 155 Å². The van der Waals surface area contributed by atoms with Gasteiger partial charge in [0.25, 0.3) is 0 Å². The molecule has 1 atom stereocenters. The lowest BCUT2D eigenvalue weighted by molar-refractivity contribution is -0.122. The van der Waals surface area contributed by atoms with Gasteiger partial charge in [0.05, 0.1) is 12.6 Å². The third-order valence-electron chi connectivity index (χ3n) is 4.77. The number of carbonyl (C=O) groups is 1. The summed E-state index contributed by atoms with van der Waals surface area (Å²) in [6.45, 7) is 5.28. The van der Waals surface area contributed by atoms with Crippen molar-refractivity contribution < 1.29 is 4.79 Å².